The van der Waals surface area contributed by atoms with Gasteiger partial charge in [0.15, 0.2) is 0 Å². The second-order valence-corrected chi connectivity index (χ2v) is 13.3. The molecule has 3 aromatic carbocycles. The Morgan fingerprint density at radius 2 is 1.78 bits per heavy atom. The molecule has 0 aromatic heterocycles. The van der Waals surface area contributed by atoms with E-state index in [4.69, 9.17) is 33.7 Å². The summed E-state index contributed by atoms with van der Waals surface area (Å²) >= 11 is 12.6. The van der Waals surface area contributed by atoms with Crippen LogP contribution in [0.2, 0.25) is 10.0 Å². The van der Waals surface area contributed by atoms with Crippen LogP contribution in [-0.4, -0.2) is 80.6 Å². The second kappa shape index (κ2) is 17.0. The van der Waals surface area contributed by atoms with Crippen molar-refractivity contribution in [1.29, 1.82) is 0 Å². The first kappa shape index (κ1) is 38.4. The number of piperidine rings is 1. The third kappa shape index (κ3) is 8.85. The van der Waals surface area contributed by atoms with Gasteiger partial charge in [0.25, 0.3) is 0 Å². The molecule has 1 spiro atoms. The maximum atomic E-state index is 14.3. The molecular formula is C36H43Cl3FN5O4. The van der Waals surface area contributed by atoms with Gasteiger partial charge in [0.1, 0.15) is 17.5 Å². The average molecular weight is 735 g/mol. The zero-order valence-electron chi connectivity index (χ0n) is 27.7. The van der Waals surface area contributed by atoms with Gasteiger partial charge in [0.2, 0.25) is 11.8 Å². The van der Waals surface area contributed by atoms with E-state index in [1.165, 1.54) is 21.9 Å². The summed E-state index contributed by atoms with van der Waals surface area (Å²) in [5, 5.41) is 3.59. The predicted molar refractivity (Wildman–Crippen MR) is 193 cm³/mol. The molecule has 49 heavy (non-hydrogen) atoms. The number of carbonyl (C=O) groups excluding carboxylic acids is 3. The Balaban J connectivity index is 0.00000541. The van der Waals surface area contributed by atoms with Gasteiger partial charge in [-0.1, -0.05) is 59.6 Å². The Hall–Kier alpha value is -3.41. The molecule has 2 heterocycles. The van der Waals surface area contributed by atoms with E-state index in [0.717, 1.165) is 11.1 Å². The zero-order chi connectivity index (χ0) is 34.4. The Kier molecular flexibility index (Phi) is 13.3. The van der Waals surface area contributed by atoms with Gasteiger partial charge in [-0.15, -0.1) is 12.4 Å². The quantitative estimate of drug-likeness (QED) is 0.232. The summed E-state index contributed by atoms with van der Waals surface area (Å²) in [6.07, 6.45) is 2.13. The van der Waals surface area contributed by atoms with Crippen molar-refractivity contribution in [3.05, 3.63) is 99.3 Å². The number of nitrogens with zero attached hydrogens (tertiary/aromatic N) is 3. The summed E-state index contributed by atoms with van der Waals surface area (Å²) in [5.41, 5.74) is 7.78. The maximum absolute atomic E-state index is 14.3. The van der Waals surface area contributed by atoms with Crippen molar-refractivity contribution in [3.63, 3.8) is 0 Å². The van der Waals surface area contributed by atoms with Crippen molar-refractivity contribution in [2.45, 2.75) is 49.7 Å². The number of likely N-dealkylation sites (tertiary alicyclic amines) is 1. The van der Waals surface area contributed by atoms with E-state index < -0.39 is 23.7 Å². The summed E-state index contributed by atoms with van der Waals surface area (Å²) in [6, 6.07) is 18.5. The molecule has 0 saturated carbocycles. The number of ether oxygens (including phenoxy) is 1. The van der Waals surface area contributed by atoms with Crippen LogP contribution < -0.4 is 16.0 Å². The summed E-state index contributed by atoms with van der Waals surface area (Å²) in [4.78, 5) is 45.5. The van der Waals surface area contributed by atoms with E-state index in [0.29, 0.717) is 79.6 Å². The van der Waals surface area contributed by atoms with Gasteiger partial charge in [-0.3, -0.25) is 14.5 Å². The molecule has 1 saturated heterocycles. The molecule has 3 amide bonds. The van der Waals surface area contributed by atoms with E-state index in [1.54, 1.807) is 38.4 Å². The Bertz CT molecular complexity index is 1620. The topological polar surface area (TPSA) is 108 Å². The van der Waals surface area contributed by atoms with Crippen LogP contribution in [-0.2, 0) is 26.3 Å². The fourth-order valence-corrected chi connectivity index (χ4v) is 7.01. The van der Waals surface area contributed by atoms with E-state index in [9.17, 15) is 18.8 Å². The number of anilines is 1. The number of hydrogen-bond donors (Lipinski definition) is 2. The van der Waals surface area contributed by atoms with Crippen LogP contribution in [0, 0.1) is 5.82 Å². The van der Waals surface area contributed by atoms with Gasteiger partial charge in [-0.2, -0.15) is 0 Å². The van der Waals surface area contributed by atoms with Crippen LogP contribution >= 0.6 is 35.6 Å². The lowest BCUT2D eigenvalue weighted by molar-refractivity contribution is -0.140. The molecular weight excluding hydrogens is 692 g/mol. The minimum absolute atomic E-state index is 0. The molecule has 264 valence electrons. The Morgan fingerprint density at radius 3 is 2.45 bits per heavy atom. The minimum Gasteiger partial charge on any atom is -0.437 e. The van der Waals surface area contributed by atoms with Crippen molar-refractivity contribution < 1.29 is 23.5 Å². The van der Waals surface area contributed by atoms with Gasteiger partial charge in [0, 0.05) is 65.1 Å². The van der Waals surface area contributed by atoms with Crippen LogP contribution in [0.4, 0.5) is 14.9 Å². The number of fused-ring (bicyclic) bond motifs is 2. The lowest BCUT2D eigenvalue weighted by Gasteiger charge is -2.46. The highest BCUT2D eigenvalue weighted by Crippen LogP contribution is 2.45. The number of halogens is 4. The highest BCUT2D eigenvalue weighted by atomic mass is 35.5. The predicted octanol–water partition coefficient (Wildman–Crippen LogP) is 6.14. The van der Waals surface area contributed by atoms with Crippen LogP contribution in [0.5, 0.6) is 0 Å². The van der Waals surface area contributed by atoms with E-state index in [1.807, 2.05) is 30.3 Å². The maximum Gasteiger partial charge on any atom is 0.414 e. The highest BCUT2D eigenvalue weighted by Gasteiger charge is 2.46. The second-order valence-electron chi connectivity index (χ2n) is 12.5. The van der Waals surface area contributed by atoms with E-state index in [-0.39, 0.29) is 36.6 Å². The Morgan fingerprint density at radius 1 is 1.06 bits per heavy atom. The molecule has 1 fully saturated rings. The molecule has 5 rings (SSSR count). The smallest absolute Gasteiger partial charge is 0.414 e. The molecule has 3 aromatic rings. The largest absolute Gasteiger partial charge is 0.437 e. The van der Waals surface area contributed by atoms with Crippen LogP contribution in [0.15, 0.2) is 66.7 Å². The van der Waals surface area contributed by atoms with Crippen molar-refractivity contribution in [2.24, 2.45) is 5.73 Å². The van der Waals surface area contributed by atoms with Gasteiger partial charge in [0.05, 0.1) is 21.7 Å². The van der Waals surface area contributed by atoms with Crippen LogP contribution in [0.25, 0.3) is 0 Å². The Labute approximate surface area is 303 Å². The highest BCUT2D eigenvalue weighted by molar-refractivity contribution is 6.42. The molecule has 0 radical (unpaired) electrons. The molecule has 2 aliphatic rings. The first-order valence-corrected chi connectivity index (χ1v) is 17.0. The molecule has 2 aliphatic heterocycles. The fraction of sp³-hybridized carbons (Fsp3) is 0.417. The SMILES string of the molecule is CN1C(=O)OC2(CCN(CCC[C@@H](C(=O)N(C)[C@@H](Cc3ccccc3)C(=O)NCCN)c3ccc(Cl)c(Cl)c3)CC2)c2cc(F)ccc21.Cl. The number of hydrogen-bond acceptors (Lipinski definition) is 6. The van der Waals surface area contributed by atoms with Crippen molar-refractivity contribution in [1.82, 2.24) is 15.1 Å². The normalized spacial score (nSPS) is 16.6. The van der Waals surface area contributed by atoms with Gasteiger partial charge in [-0.05, 0) is 60.8 Å². The zero-order valence-corrected chi connectivity index (χ0v) is 30.0. The summed E-state index contributed by atoms with van der Waals surface area (Å²) in [6.45, 7) is 2.56. The van der Waals surface area contributed by atoms with Crippen LogP contribution in [0.3, 0.4) is 0 Å². The summed E-state index contributed by atoms with van der Waals surface area (Å²) in [7, 11) is 3.29. The number of likely N-dealkylation sites (N-methyl/N-ethyl adjacent to an activating group) is 1. The monoisotopic (exact) mass is 733 g/mol. The van der Waals surface area contributed by atoms with Gasteiger partial charge < -0.3 is 25.6 Å². The third-order valence-corrected chi connectivity index (χ3v) is 10.2. The number of rotatable bonds is 12. The number of nitrogens with one attached hydrogen (secondary N) is 1. The van der Waals surface area contributed by atoms with Crippen molar-refractivity contribution in [2.75, 3.05) is 51.7 Å². The molecule has 0 aliphatic carbocycles. The van der Waals surface area contributed by atoms with Gasteiger partial charge >= 0.3 is 6.09 Å². The average Bonchev–Trinajstić information content (AvgIpc) is 3.09. The van der Waals surface area contributed by atoms with E-state index >= 15 is 0 Å². The van der Waals surface area contributed by atoms with Crippen molar-refractivity contribution >= 4 is 59.2 Å². The molecule has 2 atom stereocenters. The number of nitrogens with two attached hydrogens (primary N) is 1. The minimum atomic E-state index is -0.878. The lowest BCUT2D eigenvalue weighted by Crippen LogP contribution is -2.51. The molecule has 0 bridgehead atoms. The molecule has 0 unspecified atom stereocenters. The lowest BCUT2D eigenvalue weighted by atomic mass is 9.82. The number of carbonyl (C=O) groups is 3. The van der Waals surface area contributed by atoms with Crippen LogP contribution in [0.1, 0.15) is 48.3 Å². The first-order valence-electron chi connectivity index (χ1n) is 16.3. The van der Waals surface area contributed by atoms with Crippen molar-refractivity contribution in [3.8, 4) is 0 Å². The number of benzene rings is 3. The first-order chi connectivity index (χ1) is 23.0. The molecule has 9 nitrogen and oxygen atoms in total. The number of amides is 3. The third-order valence-electron chi connectivity index (χ3n) is 9.48. The van der Waals surface area contributed by atoms with E-state index in [2.05, 4.69) is 10.2 Å². The fourth-order valence-electron chi connectivity index (χ4n) is 6.70. The summed E-state index contributed by atoms with van der Waals surface area (Å²) < 4.78 is 20.2. The molecule has 3 N–H and O–H groups in total. The molecule has 13 heteroatoms. The summed E-state index contributed by atoms with van der Waals surface area (Å²) in [5.74, 6) is -1.42. The van der Waals surface area contributed by atoms with Gasteiger partial charge in [-0.25, -0.2) is 9.18 Å². The standard InChI is InChI=1S/C36H42Cl2FN5O4.ClH/c1-42(32(33(45)41-17-16-40)21-24-7-4-3-5-8-24)34(46)27(25-10-12-29(37)30(38)22-25)9-6-18-44-19-14-36(15-20-44)28-23-26(39)11-13-31(28)43(2)35(47)48-36;/h3-5,7-8,10-13,22-23,27,32H,6,9,14-21,40H2,1-2H3,(H,41,45);1H/t27-,32+;/m1./s1.